The van der Waals surface area contributed by atoms with E-state index in [-0.39, 0.29) is 6.61 Å². The first-order valence-electron chi connectivity index (χ1n) is 6.06. The molecule has 0 saturated carbocycles. The molecule has 2 aromatic rings. The van der Waals surface area contributed by atoms with Gasteiger partial charge in [0.2, 0.25) is 5.89 Å². The molecule has 2 rings (SSSR count). The molecule has 0 aliphatic rings. The molecule has 0 aromatic carbocycles. The van der Waals surface area contributed by atoms with Crippen LogP contribution in [0.1, 0.15) is 23.5 Å². The Hall–Kier alpha value is -1.87. The second kappa shape index (κ2) is 7.06. The quantitative estimate of drug-likeness (QED) is 0.698. The summed E-state index contributed by atoms with van der Waals surface area (Å²) >= 11 is 0. The molecule has 1 atom stereocenters. The number of hydrogen-bond acceptors (Lipinski definition) is 6. The summed E-state index contributed by atoms with van der Waals surface area (Å²) in [5, 5.41) is 3.72. The lowest BCUT2D eigenvalue weighted by atomic mass is 10.2. The minimum Gasteiger partial charge on any atom is -0.375 e. The van der Waals surface area contributed by atoms with E-state index in [1.165, 1.54) is 0 Å². The number of nitrogens with one attached hydrogen (secondary N) is 1. The summed E-state index contributed by atoms with van der Waals surface area (Å²) in [6, 6.07) is -0.446. The fourth-order valence-electron chi connectivity index (χ4n) is 1.58. The monoisotopic (exact) mass is 287 g/mol. The Morgan fingerprint density at radius 1 is 1.45 bits per heavy atom. The first-order chi connectivity index (χ1) is 9.65. The molecular formula is C11H15F2N5O2. The van der Waals surface area contributed by atoms with Crippen molar-refractivity contribution in [3.63, 3.8) is 0 Å². The number of H-pyrrole nitrogens is 1. The molecule has 3 N–H and O–H groups in total. The Kier molecular flexibility index (Phi) is 5.13. The molecule has 0 fully saturated rings. The van der Waals surface area contributed by atoms with E-state index in [4.69, 9.17) is 15.0 Å². The highest BCUT2D eigenvalue weighted by Gasteiger charge is 2.16. The van der Waals surface area contributed by atoms with Gasteiger partial charge in [-0.25, -0.2) is 13.8 Å². The van der Waals surface area contributed by atoms with Gasteiger partial charge in [-0.15, -0.1) is 0 Å². The Morgan fingerprint density at radius 2 is 2.30 bits per heavy atom. The van der Waals surface area contributed by atoms with Gasteiger partial charge in [0.25, 0.3) is 6.43 Å². The molecule has 0 aliphatic heterocycles. The molecule has 0 spiro atoms. The number of aromatic amines is 1. The zero-order valence-corrected chi connectivity index (χ0v) is 10.6. The van der Waals surface area contributed by atoms with Gasteiger partial charge in [-0.05, 0) is 0 Å². The predicted molar refractivity (Wildman–Crippen MR) is 64.0 cm³/mol. The SMILES string of the molecule is N[C@H](Cc1cnc[nH]1)c1nc(CCOCC(F)F)no1. The molecule has 110 valence electrons. The predicted octanol–water partition coefficient (Wildman–Crippen LogP) is 0.859. The van der Waals surface area contributed by atoms with Crippen molar-refractivity contribution in [1.82, 2.24) is 20.1 Å². The minimum atomic E-state index is -2.47. The molecule has 0 unspecified atom stereocenters. The Bertz CT molecular complexity index is 503. The highest BCUT2D eigenvalue weighted by atomic mass is 19.3. The summed E-state index contributed by atoms with van der Waals surface area (Å²) in [4.78, 5) is 10.9. The number of rotatable bonds is 8. The normalized spacial score (nSPS) is 13.0. The standard InChI is InChI=1S/C11H15F2N5O2/c12-9(13)5-19-2-1-10-17-11(20-18-10)8(14)3-7-4-15-6-16-7/h4,6,8-9H,1-3,5,14H2,(H,15,16)/t8-/m1/s1. The summed E-state index contributed by atoms with van der Waals surface area (Å²) in [7, 11) is 0. The average molecular weight is 287 g/mol. The van der Waals surface area contributed by atoms with Gasteiger partial charge in [-0.3, -0.25) is 0 Å². The summed E-state index contributed by atoms with van der Waals surface area (Å²) in [6.07, 6.45) is 1.53. The Labute approximate surface area is 113 Å². The van der Waals surface area contributed by atoms with Crippen LogP contribution in [0.15, 0.2) is 17.0 Å². The van der Waals surface area contributed by atoms with Gasteiger partial charge in [0.05, 0.1) is 19.0 Å². The third kappa shape index (κ3) is 4.35. The van der Waals surface area contributed by atoms with Crippen LogP contribution >= 0.6 is 0 Å². The molecule has 0 bridgehead atoms. The lowest BCUT2D eigenvalue weighted by Gasteiger charge is -2.03. The summed E-state index contributed by atoms with van der Waals surface area (Å²) in [5.74, 6) is 0.679. The Balaban J connectivity index is 1.79. The van der Waals surface area contributed by atoms with Gasteiger partial charge in [-0.1, -0.05) is 5.16 Å². The van der Waals surface area contributed by atoms with Crippen molar-refractivity contribution in [2.24, 2.45) is 5.73 Å². The van der Waals surface area contributed by atoms with E-state index >= 15 is 0 Å². The van der Waals surface area contributed by atoms with Crippen molar-refractivity contribution in [2.45, 2.75) is 25.3 Å². The number of ether oxygens (including phenoxy) is 1. The lowest BCUT2D eigenvalue weighted by Crippen LogP contribution is -2.14. The van der Waals surface area contributed by atoms with Crippen LogP contribution in [0.25, 0.3) is 0 Å². The third-order valence-electron chi connectivity index (χ3n) is 2.51. The van der Waals surface area contributed by atoms with Crippen LogP contribution in [0.3, 0.4) is 0 Å². The van der Waals surface area contributed by atoms with E-state index in [9.17, 15) is 8.78 Å². The van der Waals surface area contributed by atoms with E-state index in [1.54, 1.807) is 12.5 Å². The zero-order valence-electron chi connectivity index (χ0n) is 10.6. The van der Waals surface area contributed by atoms with Gasteiger partial charge in [0.15, 0.2) is 5.82 Å². The first kappa shape index (κ1) is 14.5. The first-order valence-corrected chi connectivity index (χ1v) is 6.06. The minimum absolute atomic E-state index is 0.110. The number of hydrogen-bond donors (Lipinski definition) is 2. The Morgan fingerprint density at radius 3 is 3.00 bits per heavy atom. The van der Waals surface area contributed by atoms with Crippen LogP contribution in [0.5, 0.6) is 0 Å². The number of nitrogens with zero attached hydrogens (tertiary/aromatic N) is 3. The lowest BCUT2D eigenvalue weighted by molar-refractivity contribution is 0.0182. The molecule has 0 aliphatic carbocycles. The van der Waals surface area contributed by atoms with Crippen LogP contribution in [0.4, 0.5) is 8.78 Å². The molecule has 2 heterocycles. The maximum absolute atomic E-state index is 11.9. The molecule has 0 saturated heterocycles. The summed E-state index contributed by atoms with van der Waals surface area (Å²) < 4.78 is 33.5. The van der Waals surface area contributed by atoms with Crippen LogP contribution in [-0.2, 0) is 17.6 Å². The maximum atomic E-state index is 11.9. The fourth-order valence-corrected chi connectivity index (χ4v) is 1.58. The topological polar surface area (TPSA) is 103 Å². The maximum Gasteiger partial charge on any atom is 0.261 e. The molecule has 2 aromatic heterocycles. The van der Waals surface area contributed by atoms with Crippen molar-refractivity contribution in [2.75, 3.05) is 13.2 Å². The van der Waals surface area contributed by atoms with Crippen LogP contribution in [0, 0.1) is 0 Å². The van der Waals surface area contributed by atoms with Crippen molar-refractivity contribution in [1.29, 1.82) is 0 Å². The van der Waals surface area contributed by atoms with Crippen molar-refractivity contribution < 1.29 is 18.0 Å². The second-order valence-electron chi connectivity index (χ2n) is 4.15. The molecule has 0 radical (unpaired) electrons. The van der Waals surface area contributed by atoms with Crippen molar-refractivity contribution in [3.8, 4) is 0 Å². The highest BCUT2D eigenvalue weighted by Crippen LogP contribution is 2.12. The number of imidazole rings is 1. The largest absolute Gasteiger partial charge is 0.375 e. The van der Waals surface area contributed by atoms with Crippen molar-refractivity contribution in [3.05, 3.63) is 29.9 Å². The fraction of sp³-hybridized carbons (Fsp3) is 0.545. The molecule has 9 heteroatoms. The smallest absolute Gasteiger partial charge is 0.261 e. The zero-order chi connectivity index (χ0) is 14.4. The number of halogens is 2. The van der Waals surface area contributed by atoms with Gasteiger partial charge in [0.1, 0.15) is 6.61 Å². The number of alkyl halides is 2. The summed E-state index contributed by atoms with van der Waals surface area (Å²) in [5.41, 5.74) is 6.78. The molecule has 0 amide bonds. The van der Waals surface area contributed by atoms with Crippen LogP contribution in [-0.4, -0.2) is 39.7 Å². The van der Waals surface area contributed by atoms with Crippen molar-refractivity contribution >= 4 is 0 Å². The second-order valence-corrected chi connectivity index (χ2v) is 4.15. The van der Waals surface area contributed by atoms with Crippen LogP contribution in [0.2, 0.25) is 0 Å². The van der Waals surface area contributed by atoms with E-state index in [0.717, 1.165) is 5.69 Å². The number of aromatic nitrogens is 4. The summed E-state index contributed by atoms with van der Waals surface area (Å²) in [6.45, 7) is -0.483. The number of nitrogens with two attached hydrogens (primary N) is 1. The molecule has 20 heavy (non-hydrogen) atoms. The average Bonchev–Trinajstić information content (AvgIpc) is 3.05. The van der Waals surface area contributed by atoms with E-state index in [1.807, 2.05) is 0 Å². The molecule has 7 nitrogen and oxygen atoms in total. The van der Waals surface area contributed by atoms with E-state index in [0.29, 0.717) is 24.6 Å². The van der Waals surface area contributed by atoms with E-state index in [2.05, 4.69) is 20.1 Å². The van der Waals surface area contributed by atoms with Gasteiger partial charge in [-0.2, -0.15) is 4.98 Å². The van der Waals surface area contributed by atoms with Gasteiger partial charge < -0.3 is 20.0 Å². The van der Waals surface area contributed by atoms with E-state index < -0.39 is 19.1 Å². The van der Waals surface area contributed by atoms with Crippen LogP contribution < -0.4 is 5.73 Å². The molecular weight excluding hydrogens is 272 g/mol. The van der Waals surface area contributed by atoms with Gasteiger partial charge in [0, 0.05) is 24.7 Å². The highest BCUT2D eigenvalue weighted by molar-refractivity contribution is 5.02. The van der Waals surface area contributed by atoms with Gasteiger partial charge >= 0.3 is 0 Å². The third-order valence-corrected chi connectivity index (χ3v) is 2.51.